The second-order valence-electron chi connectivity index (χ2n) is 3.77. The van der Waals surface area contributed by atoms with Gasteiger partial charge >= 0.3 is 5.97 Å². The maximum atomic E-state index is 11.5. The lowest BCUT2D eigenvalue weighted by Crippen LogP contribution is -2.14. The molecule has 0 heterocycles. The van der Waals surface area contributed by atoms with E-state index in [1.165, 1.54) is 6.20 Å². The number of rotatable bonds is 4. The maximum absolute atomic E-state index is 11.5. The molecule has 1 aromatic rings. The van der Waals surface area contributed by atoms with Gasteiger partial charge in [-0.3, -0.25) is 0 Å². The Kier molecular flexibility index (Phi) is 4.94. The van der Waals surface area contributed by atoms with Crippen LogP contribution in [0.2, 0.25) is 0 Å². The van der Waals surface area contributed by atoms with Gasteiger partial charge in [-0.2, -0.15) is 5.26 Å². The van der Waals surface area contributed by atoms with Crippen molar-refractivity contribution in [2.75, 3.05) is 18.6 Å². The van der Waals surface area contributed by atoms with Crippen molar-refractivity contribution in [2.24, 2.45) is 0 Å². The molecule has 0 aliphatic heterocycles. The number of hydrogen-bond acceptors (Lipinski definition) is 4. The number of benzene rings is 1. The van der Waals surface area contributed by atoms with Gasteiger partial charge < -0.3 is 9.64 Å². The first-order valence-corrected chi connectivity index (χ1v) is 5.67. The molecule has 0 aromatic heterocycles. The van der Waals surface area contributed by atoms with Gasteiger partial charge in [-0.1, -0.05) is 18.2 Å². The highest BCUT2D eigenvalue weighted by molar-refractivity contribution is 5.93. The van der Waals surface area contributed by atoms with Gasteiger partial charge in [0.05, 0.1) is 6.61 Å². The van der Waals surface area contributed by atoms with Crippen LogP contribution in [0.15, 0.2) is 36.0 Å². The van der Waals surface area contributed by atoms with E-state index in [0.717, 1.165) is 11.3 Å². The summed E-state index contributed by atoms with van der Waals surface area (Å²) in [5.41, 5.74) is 1.99. The Morgan fingerprint density at radius 1 is 1.50 bits per heavy atom. The van der Waals surface area contributed by atoms with E-state index in [-0.39, 0.29) is 12.2 Å². The van der Waals surface area contributed by atoms with Gasteiger partial charge in [0.15, 0.2) is 5.57 Å². The average Bonchev–Trinajstić information content (AvgIpc) is 2.36. The van der Waals surface area contributed by atoms with Crippen molar-refractivity contribution in [3.8, 4) is 6.07 Å². The minimum atomic E-state index is -0.597. The van der Waals surface area contributed by atoms with Crippen LogP contribution in [-0.4, -0.2) is 19.6 Å². The van der Waals surface area contributed by atoms with Crippen molar-refractivity contribution in [3.63, 3.8) is 0 Å². The van der Waals surface area contributed by atoms with E-state index in [4.69, 9.17) is 10.00 Å². The minimum Gasteiger partial charge on any atom is -0.462 e. The van der Waals surface area contributed by atoms with Gasteiger partial charge in [0.25, 0.3) is 0 Å². The van der Waals surface area contributed by atoms with Crippen molar-refractivity contribution in [1.82, 2.24) is 0 Å². The van der Waals surface area contributed by atoms with E-state index < -0.39 is 5.97 Å². The third-order valence-electron chi connectivity index (χ3n) is 2.43. The van der Waals surface area contributed by atoms with E-state index in [9.17, 15) is 4.79 Å². The summed E-state index contributed by atoms with van der Waals surface area (Å²) in [5, 5.41) is 8.94. The quantitative estimate of drug-likeness (QED) is 0.463. The predicted molar refractivity (Wildman–Crippen MR) is 69.9 cm³/mol. The molecule has 0 saturated carbocycles. The Hall–Kier alpha value is -2.28. The molecule has 4 heteroatoms. The lowest BCUT2D eigenvalue weighted by molar-refractivity contribution is -0.138. The minimum absolute atomic E-state index is 0.0115. The summed E-state index contributed by atoms with van der Waals surface area (Å²) in [6.07, 6.45) is 1.49. The number of ether oxygens (including phenoxy) is 1. The molecule has 0 atom stereocenters. The first-order valence-electron chi connectivity index (χ1n) is 5.67. The molecule has 0 radical (unpaired) electrons. The molecular weight excluding hydrogens is 228 g/mol. The van der Waals surface area contributed by atoms with Crippen LogP contribution in [0.4, 0.5) is 5.69 Å². The van der Waals surface area contributed by atoms with Gasteiger partial charge in [0, 0.05) is 18.9 Å². The van der Waals surface area contributed by atoms with Gasteiger partial charge in [-0.25, -0.2) is 4.79 Å². The lowest BCUT2D eigenvalue weighted by atomic mass is 10.2. The molecule has 0 bridgehead atoms. The van der Waals surface area contributed by atoms with Crippen LogP contribution < -0.4 is 4.90 Å². The first kappa shape index (κ1) is 13.8. The average molecular weight is 244 g/mol. The zero-order chi connectivity index (χ0) is 13.5. The Balaban J connectivity index is 2.97. The fraction of sp³-hybridized carbons (Fsp3) is 0.286. The number of hydrogen-bond donors (Lipinski definition) is 0. The predicted octanol–water partition coefficient (Wildman–Crippen LogP) is 2.40. The summed E-state index contributed by atoms with van der Waals surface area (Å²) in [5.74, 6) is -0.597. The zero-order valence-electron chi connectivity index (χ0n) is 10.8. The molecule has 0 fully saturated rings. The van der Waals surface area contributed by atoms with E-state index in [2.05, 4.69) is 0 Å². The summed E-state index contributed by atoms with van der Waals surface area (Å²) in [6, 6.07) is 9.59. The van der Waals surface area contributed by atoms with Crippen molar-refractivity contribution in [1.29, 1.82) is 5.26 Å². The smallest absolute Gasteiger partial charge is 0.350 e. The van der Waals surface area contributed by atoms with Crippen LogP contribution in [-0.2, 0) is 9.53 Å². The monoisotopic (exact) mass is 244 g/mol. The molecule has 0 unspecified atom stereocenters. The number of nitriles is 1. The number of aryl methyl sites for hydroxylation is 1. The normalized spacial score (nSPS) is 10.7. The van der Waals surface area contributed by atoms with E-state index in [1.807, 2.05) is 37.3 Å². The van der Waals surface area contributed by atoms with Gasteiger partial charge in [-0.05, 0) is 25.5 Å². The number of nitrogens with zero attached hydrogens (tertiary/aromatic N) is 2. The second-order valence-corrected chi connectivity index (χ2v) is 3.77. The van der Waals surface area contributed by atoms with Crippen LogP contribution in [0, 0.1) is 18.3 Å². The van der Waals surface area contributed by atoms with Gasteiger partial charge in [0.1, 0.15) is 6.07 Å². The van der Waals surface area contributed by atoms with Crippen LogP contribution in [0.3, 0.4) is 0 Å². The summed E-state index contributed by atoms with van der Waals surface area (Å²) in [4.78, 5) is 13.2. The molecular formula is C14H16N2O2. The lowest BCUT2D eigenvalue weighted by Gasteiger charge is -2.17. The second kappa shape index (κ2) is 6.45. The Labute approximate surface area is 107 Å². The highest BCUT2D eigenvalue weighted by Gasteiger charge is 2.11. The molecule has 18 heavy (non-hydrogen) atoms. The van der Waals surface area contributed by atoms with Crippen molar-refractivity contribution < 1.29 is 9.53 Å². The molecule has 0 aliphatic carbocycles. The highest BCUT2D eigenvalue weighted by Crippen LogP contribution is 2.18. The van der Waals surface area contributed by atoms with Crippen LogP contribution in [0.1, 0.15) is 12.5 Å². The fourth-order valence-corrected chi connectivity index (χ4v) is 1.56. The third kappa shape index (κ3) is 3.36. The number of carbonyl (C=O) groups is 1. The molecule has 1 rings (SSSR count). The summed E-state index contributed by atoms with van der Waals surface area (Å²) >= 11 is 0. The summed E-state index contributed by atoms with van der Waals surface area (Å²) in [6.45, 7) is 3.93. The fourth-order valence-electron chi connectivity index (χ4n) is 1.56. The number of esters is 1. The number of para-hydroxylation sites is 1. The largest absolute Gasteiger partial charge is 0.462 e. The van der Waals surface area contributed by atoms with Crippen molar-refractivity contribution in [3.05, 3.63) is 41.6 Å². The SMILES string of the molecule is CCOC(=O)/C(C#N)=C\N(C)c1ccccc1C. The van der Waals surface area contributed by atoms with E-state index in [0.29, 0.717) is 0 Å². The van der Waals surface area contributed by atoms with Crippen LogP contribution >= 0.6 is 0 Å². The highest BCUT2D eigenvalue weighted by atomic mass is 16.5. The Morgan fingerprint density at radius 2 is 2.17 bits per heavy atom. The Bertz CT molecular complexity index is 501. The molecule has 0 spiro atoms. The van der Waals surface area contributed by atoms with Crippen molar-refractivity contribution in [2.45, 2.75) is 13.8 Å². The van der Waals surface area contributed by atoms with E-state index >= 15 is 0 Å². The number of anilines is 1. The van der Waals surface area contributed by atoms with Gasteiger partial charge in [-0.15, -0.1) is 0 Å². The Morgan fingerprint density at radius 3 is 2.72 bits per heavy atom. The molecule has 0 amide bonds. The summed E-state index contributed by atoms with van der Waals surface area (Å²) < 4.78 is 4.81. The molecule has 0 N–H and O–H groups in total. The molecule has 4 nitrogen and oxygen atoms in total. The molecule has 94 valence electrons. The van der Waals surface area contributed by atoms with Crippen LogP contribution in [0.5, 0.6) is 0 Å². The molecule has 0 saturated heterocycles. The maximum Gasteiger partial charge on any atom is 0.350 e. The zero-order valence-corrected chi connectivity index (χ0v) is 10.8. The van der Waals surface area contributed by atoms with Crippen molar-refractivity contribution >= 4 is 11.7 Å². The van der Waals surface area contributed by atoms with Crippen LogP contribution in [0.25, 0.3) is 0 Å². The molecule has 0 aliphatic rings. The van der Waals surface area contributed by atoms with E-state index in [1.54, 1.807) is 18.9 Å². The first-order chi connectivity index (χ1) is 8.60. The van der Waals surface area contributed by atoms with Gasteiger partial charge in [0.2, 0.25) is 0 Å². The topological polar surface area (TPSA) is 53.3 Å². The standard InChI is InChI=1S/C14H16N2O2/c1-4-18-14(17)12(9-15)10-16(3)13-8-6-5-7-11(13)2/h5-8,10H,4H2,1-3H3/b12-10-. The molecule has 1 aromatic carbocycles. The number of carbonyl (C=O) groups excluding carboxylic acids is 1. The third-order valence-corrected chi connectivity index (χ3v) is 2.43. The summed E-state index contributed by atoms with van der Waals surface area (Å²) in [7, 11) is 1.79.